The van der Waals surface area contributed by atoms with Crippen LogP contribution in [0.1, 0.15) is 10.4 Å². The first kappa shape index (κ1) is 16.9. The molecule has 3 rings (SSSR count). The topological polar surface area (TPSA) is 107 Å². The molecule has 0 radical (unpaired) electrons. The molecule has 0 atom stereocenters. The lowest BCUT2D eigenvalue weighted by molar-refractivity contribution is 0.102. The molecule has 0 fully saturated rings. The minimum absolute atomic E-state index is 0.0165. The van der Waals surface area contributed by atoms with E-state index in [2.05, 4.69) is 15.5 Å². The number of aromatic nitrogens is 2. The number of ether oxygens (including phenoxy) is 2. The van der Waals surface area contributed by atoms with Crippen LogP contribution in [-0.4, -0.2) is 41.5 Å². The Morgan fingerprint density at radius 3 is 2.92 bits per heavy atom. The quantitative estimate of drug-likeness (QED) is 0.665. The molecule has 1 aromatic carbocycles. The summed E-state index contributed by atoms with van der Waals surface area (Å²) in [5.41, 5.74) is 0.244. The van der Waals surface area contributed by atoms with Crippen molar-refractivity contribution in [2.75, 3.05) is 25.6 Å². The summed E-state index contributed by atoms with van der Waals surface area (Å²) in [6, 6.07) is 8.57. The Bertz CT molecular complexity index is 847. The van der Waals surface area contributed by atoms with Crippen molar-refractivity contribution in [3.63, 3.8) is 0 Å². The molecule has 9 heteroatoms. The van der Waals surface area contributed by atoms with Crippen molar-refractivity contribution in [3.8, 4) is 22.3 Å². The van der Waals surface area contributed by atoms with Crippen LogP contribution in [0.2, 0.25) is 0 Å². The SMILES string of the molecule is COc1c(OCCO)cccc1C(=O)Nc1nnc(-c2cccs2)o1. The van der Waals surface area contributed by atoms with E-state index in [9.17, 15) is 4.79 Å². The normalized spacial score (nSPS) is 10.5. The van der Waals surface area contributed by atoms with Gasteiger partial charge in [0.15, 0.2) is 11.5 Å². The van der Waals surface area contributed by atoms with E-state index in [0.29, 0.717) is 11.6 Å². The van der Waals surface area contributed by atoms with Crippen molar-refractivity contribution in [1.82, 2.24) is 10.2 Å². The van der Waals surface area contributed by atoms with Gasteiger partial charge in [-0.1, -0.05) is 17.2 Å². The number of aliphatic hydroxyl groups is 1. The number of carbonyl (C=O) groups is 1. The van der Waals surface area contributed by atoms with Crippen molar-refractivity contribution in [2.45, 2.75) is 0 Å². The Balaban J connectivity index is 1.79. The van der Waals surface area contributed by atoms with Crippen LogP contribution in [0.25, 0.3) is 10.8 Å². The second-order valence-corrected chi connectivity index (χ2v) is 5.70. The lowest BCUT2D eigenvalue weighted by atomic mass is 10.1. The number of aliphatic hydroxyl groups excluding tert-OH is 1. The van der Waals surface area contributed by atoms with Crippen LogP contribution in [0, 0.1) is 0 Å². The molecule has 0 bridgehead atoms. The molecule has 0 unspecified atom stereocenters. The highest BCUT2D eigenvalue weighted by Gasteiger charge is 2.19. The zero-order chi connectivity index (χ0) is 17.6. The first-order chi connectivity index (χ1) is 12.2. The molecule has 0 aliphatic heterocycles. The standard InChI is InChI=1S/C16H15N3O5S/c1-22-13-10(4-2-5-11(13)23-8-7-20)14(21)17-16-19-18-15(24-16)12-6-3-9-25-12/h2-6,9,20H,7-8H2,1H3,(H,17,19,21). The maximum absolute atomic E-state index is 12.5. The molecule has 8 nitrogen and oxygen atoms in total. The van der Waals surface area contributed by atoms with Crippen LogP contribution in [-0.2, 0) is 0 Å². The van der Waals surface area contributed by atoms with E-state index in [0.717, 1.165) is 4.88 Å². The third-order valence-corrected chi connectivity index (χ3v) is 4.01. The largest absolute Gasteiger partial charge is 0.492 e. The highest BCUT2D eigenvalue weighted by molar-refractivity contribution is 7.13. The maximum atomic E-state index is 12.5. The molecule has 3 aromatic rings. The average Bonchev–Trinajstić information content (AvgIpc) is 3.30. The first-order valence-corrected chi connectivity index (χ1v) is 8.20. The van der Waals surface area contributed by atoms with Gasteiger partial charge in [0.05, 0.1) is 24.2 Å². The van der Waals surface area contributed by atoms with Crippen molar-refractivity contribution < 1.29 is 23.8 Å². The molecule has 2 aromatic heterocycles. The zero-order valence-corrected chi connectivity index (χ0v) is 14.1. The molecule has 0 aliphatic rings. The molecule has 130 valence electrons. The molecule has 25 heavy (non-hydrogen) atoms. The summed E-state index contributed by atoms with van der Waals surface area (Å²) in [5, 5.41) is 21.0. The summed E-state index contributed by atoms with van der Waals surface area (Å²) in [6.45, 7) is -0.0532. The summed E-state index contributed by atoms with van der Waals surface area (Å²) in [4.78, 5) is 13.3. The van der Waals surface area contributed by atoms with Crippen molar-refractivity contribution in [2.24, 2.45) is 0 Å². The Labute approximate surface area is 147 Å². The van der Waals surface area contributed by atoms with E-state index in [4.69, 9.17) is 19.0 Å². The number of nitrogens with one attached hydrogen (secondary N) is 1. The summed E-state index contributed by atoms with van der Waals surface area (Å²) in [5.74, 6) is 0.463. The van der Waals surface area contributed by atoms with Gasteiger partial charge in [0.1, 0.15) is 6.61 Å². The van der Waals surface area contributed by atoms with E-state index < -0.39 is 5.91 Å². The summed E-state index contributed by atoms with van der Waals surface area (Å²) in [6.07, 6.45) is 0. The number of hydrogen-bond acceptors (Lipinski definition) is 8. The van der Waals surface area contributed by atoms with Crippen LogP contribution in [0.15, 0.2) is 40.1 Å². The van der Waals surface area contributed by atoms with Crippen LogP contribution < -0.4 is 14.8 Å². The number of amides is 1. The monoisotopic (exact) mass is 361 g/mol. The number of para-hydroxylation sites is 1. The molecular formula is C16H15N3O5S. The maximum Gasteiger partial charge on any atom is 0.322 e. The number of benzene rings is 1. The predicted molar refractivity (Wildman–Crippen MR) is 91.1 cm³/mol. The minimum Gasteiger partial charge on any atom is -0.492 e. The van der Waals surface area contributed by atoms with E-state index >= 15 is 0 Å². The highest BCUT2D eigenvalue weighted by Crippen LogP contribution is 2.32. The van der Waals surface area contributed by atoms with Gasteiger partial charge in [-0.15, -0.1) is 16.4 Å². The number of hydrogen-bond donors (Lipinski definition) is 2. The number of methoxy groups -OCH3 is 1. The van der Waals surface area contributed by atoms with Crippen LogP contribution in [0.3, 0.4) is 0 Å². The summed E-state index contributed by atoms with van der Waals surface area (Å²) < 4.78 is 16.1. The van der Waals surface area contributed by atoms with Crippen LogP contribution in [0.5, 0.6) is 11.5 Å². The van der Waals surface area contributed by atoms with Crippen molar-refractivity contribution in [1.29, 1.82) is 0 Å². The van der Waals surface area contributed by atoms with Crippen LogP contribution in [0.4, 0.5) is 6.01 Å². The Hall–Kier alpha value is -2.91. The average molecular weight is 361 g/mol. The second kappa shape index (κ2) is 7.77. The fourth-order valence-corrected chi connectivity index (χ4v) is 2.76. The van der Waals surface area contributed by atoms with Gasteiger partial charge >= 0.3 is 6.01 Å². The number of anilines is 1. The molecule has 0 saturated carbocycles. The fourth-order valence-electron chi connectivity index (χ4n) is 2.11. The summed E-state index contributed by atoms with van der Waals surface area (Å²) >= 11 is 1.45. The van der Waals surface area contributed by atoms with Gasteiger partial charge in [0.25, 0.3) is 11.8 Å². The van der Waals surface area contributed by atoms with E-state index in [1.165, 1.54) is 18.4 Å². The van der Waals surface area contributed by atoms with Gasteiger partial charge in [0, 0.05) is 0 Å². The van der Waals surface area contributed by atoms with E-state index in [1.54, 1.807) is 18.2 Å². The third kappa shape index (κ3) is 3.78. The van der Waals surface area contributed by atoms with Gasteiger partial charge in [0.2, 0.25) is 0 Å². The van der Waals surface area contributed by atoms with Gasteiger partial charge < -0.3 is 19.0 Å². The smallest absolute Gasteiger partial charge is 0.322 e. The Morgan fingerprint density at radius 2 is 2.20 bits per heavy atom. The molecule has 0 saturated heterocycles. The van der Waals surface area contributed by atoms with Crippen molar-refractivity contribution in [3.05, 3.63) is 41.3 Å². The first-order valence-electron chi connectivity index (χ1n) is 7.32. The number of rotatable bonds is 7. The van der Waals surface area contributed by atoms with E-state index in [1.807, 2.05) is 17.5 Å². The predicted octanol–water partition coefficient (Wildman–Crippen LogP) is 2.43. The summed E-state index contributed by atoms with van der Waals surface area (Å²) in [7, 11) is 1.43. The second-order valence-electron chi connectivity index (χ2n) is 4.75. The van der Waals surface area contributed by atoms with Gasteiger partial charge in [-0.2, -0.15) is 0 Å². The van der Waals surface area contributed by atoms with Gasteiger partial charge in [-0.3, -0.25) is 10.1 Å². The minimum atomic E-state index is -0.479. The molecular weight excluding hydrogens is 346 g/mol. The van der Waals surface area contributed by atoms with Gasteiger partial charge in [-0.05, 0) is 23.6 Å². The number of nitrogens with zero attached hydrogens (tertiary/aromatic N) is 2. The highest BCUT2D eigenvalue weighted by atomic mass is 32.1. The van der Waals surface area contributed by atoms with Crippen LogP contribution >= 0.6 is 11.3 Å². The van der Waals surface area contributed by atoms with Crippen molar-refractivity contribution >= 4 is 23.3 Å². The fraction of sp³-hybridized carbons (Fsp3) is 0.188. The number of carbonyl (C=O) groups excluding carboxylic acids is 1. The number of thiophene rings is 1. The van der Waals surface area contributed by atoms with Gasteiger partial charge in [-0.25, -0.2) is 0 Å². The zero-order valence-electron chi connectivity index (χ0n) is 13.3. The molecule has 0 spiro atoms. The lowest BCUT2D eigenvalue weighted by Gasteiger charge is -2.13. The Kier molecular flexibility index (Phi) is 5.26. The molecule has 2 heterocycles. The third-order valence-electron chi connectivity index (χ3n) is 3.15. The Morgan fingerprint density at radius 1 is 1.32 bits per heavy atom. The molecule has 0 aliphatic carbocycles. The van der Waals surface area contributed by atoms with E-state index in [-0.39, 0.29) is 30.5 Å². The molecule has 1 amide bonds. The molecule has 2 N–H and O–H groups in total. The lowest BCUT2D eigenvalue weighted by Crippen LogP contribution is -2.14.